The summed E-state index contributed by atoms with van der Waals surface area (Å²) in [5.41, 5.74) is -0.253. The van der Waals surface area contributed by atoms with Crippen LogP contribution in [0.25, 0.3) is 0 Å². The van der Waals surface area contributed by atoms with E-state index in [0.29, 0.717) is 18.6 Å². The second-order valence-electron chi connectivity index (χ2n) is 9.00. The van der Waals surface area contributed by atoms with E-state index in [4.69, 9.17) is 14.2 Å². The smallest absolute Gasteiger partial charge is 0.291 e. The first-order chi connectivity index (χ1) is 14.5. The molecule has 0 aliphatic heterocycles. The van der Waals surface area contributed by atoms with E-state index in [0.717, 1.165) is 38.5 Å². The summed E-state index contributed by atoms with van der Waals surface area (Å²) in [6.07, 6.45) is 5.53. The van der Waals surface area contributed by atoms with Crippen LogP contribution in [0.5, 0.6) is 0 Å². The van der Waals surface area contributed by atoms with Crippen LogP contribution in [0.1, 0.15) is 105 Å². The van der Waals surface area contributed by atoms with Crippen LogP contribution in [0.3, 0.4) is 0 Å². The lowest BCUT2D eigenvalue weighted by Gasteiger charge is -2.43. The molecule has 0 radical (unpaired) electrons. The normalized spacial score (nSPS) is 13.6. The maximum atomic E-state index is 14.9. The van der Waals surface area contributed by atoms with E-state index < -0.39 is 29.3 Å². The number of unbranched alkanes of at least 4 members (excludes halogenated alkanes) is 5. The van der Waals surface area contributed by atoms with Crippen molar-refractivity contribution in [3.05, 3.63) is 35.1 Å². The lowest BCUT2D eigenvalue weighted by atomic mass is 9.89. The number of hydrogen-bond donors (Lipinski definition) is 0. The molecular formula is C25H41F3O3. The highest BCUT2D eigenvalue weighted by atomic mass is 19.1. The fourth-order valence-electron chi connectivity index (χ4n) is 3.83. The second kappa shape index (κ2) is 13.4. The third-order valence-corrected chi connectivity index (χ3v) is 4.87. The highest BCUT2D eigenvalue weighted by Crippen LogP contribution is 2.43. The molecule has 0 aromatic heterocycles. The van der Waals surface area contributed by atoms with Gasteiger partial charge >= 0.3 is 0 Å². The zero-order chi connectivity index (χ0) is 23.6. The van der Waals surface area contributed by atoms with Gasteiger partial charge in [-0.25, -0.2) is 13.2 Å². The molecule has 0 fully saturated rings. The number of ether oxygens (including phenoxy) is 3. The van der Waals surface area contributed by atoms with E-state index in [1.807, 2.05) is 41.5 Å². The summed E-state index contributed by atoms with van der Waals surface area (Å²) in [5.74, 6) is -5.46. The summed E-state index contributed by atoms with van der Waals surface area (Å²) in [7, 11) is 0. The Morgan fingerprint density at radius 2 is 1.13 bits per heavy atom. The van der Waals surface area contributed by atoms with Crippen LogP contribution in [-0.2, 0) is 14.2 Å². The average Bonchev–Trinajstić information content (AvgIpc) is 2.60. The van der Waals surface area contributed by atoms with Gasteiger partial charge in [0.25, 0.3) is 5.97 Å². The van der Waals surface area contributed by atoms with E-state index in [1.165, 1.54) is 0 Å². The Balaban J connectivity index is 3.42. The predicted molar refractivity (Wildman–Crippen MR) is 118 cm³/mol. The fourth-order valence-corrected chi connectivity index (χ4v) is 3.83. The van der Waals surface area contributed by atoms with Crippen molar-refractivity contribution in [3.63, 3.8) is 0 Å². The van der Waals surface area contributed by atoms with Gasteiger partial charge in [0.15, 0.2) is 0 Å². The zero-order valence-corrected chi connectivity index (χ0v) is 20.3. The summed E-state index contributed by atoms with van der Waals surface area (Å²) < 4.78 is 61.9. The van der Waals surface area contributed by atoms with Crippen LogP contribution in [0.4, 0.5) is 13.2 Å². The molecule has 1 atom stereocenters. The topological polar surface area (TPSA) is 27.7 Å². The van der Waals surface area contributed by atoms with Crippen LogP contribution >= 0.6 is 0 Å². The van der Waals surface area contributed by atoms with Gasteiger partial charge in [0.2, 0.25) is 0 Å². The molecule has 0 aliphatic rings. The molecule has 180 valence electrons. The zero-order valence-electron chi connectivity index (χ0n) is 20.3. The number of hydrogen-bond acceptors (Lipinski definition) is 3. The van der Waals surface area contributed by atoms with Gasteiger partial charge in [-0.2, -0.15) is 0 Å². The van der Waals surface area contributed by atoms with Crippen molar-refractivity contribution in [1.82, 2.24) is 0 Å². The maximum Gasteiger partial charge on any atom is 0.291 e. The molecule has 3 nitrogen and oxygen atoms in total. The highest BCUT2D eigenvalue weighted by molar-refractivity contribution is 5.26. The minimum Gasteiger partial charge on any atom is -0.324 e. The summed E-state index contributed by atoms with van der Waals surface area (Å²) in [6, 6.07) is 1.41. The van der Waals surface area contributed by atoms with Crippen molar-refractivity contribution >= 4 is 0 Å². The third kappa shape index (κ3) is 9.11. The Morgan fingerprint density at radius 1 is 0.710 bits per heavy atom. The Hall–Kier alpha value is -1.11. The first-order valence-electron chi connectivity index (χ1n) is 11.7. The Bertz CT molecular complexity index is 597. The molecule has 0 bridgehead atoms. The summed E-state index contributed by atoms with van der Waals surface area (Å²) in [5, 5.41) is 0. The van der Waals surface area contributed by atoms with E-state index in [9.17, 15) is 13.2 Å². The molecule has 1 unspecified atom stereocenters. The molecule has 0 aliphatic carbocycles. The second-order valence-corrected chi connectivity index (χ2v) is 9.00. The molecule has 0 N–H and O–H groups in total. The molecule has 0 saturated heterocycles. The van der Waals surface area contributed by atoms with Crippen molar-refractivity contribution in [2.45, 2.75) is 124 Å². The molecule has 1 aromatic rings. The average molecular weight is 447 g/mol. The number of rotatable bonds is 15. The molecule has 0 amide bonds. The monoisotopic (exact) mass is 446 g/mol. The highest BCUT2D eigenvalue weighted by Gasteiger charge is 2.48. The molecular weight excluding hydrogens is 405 g/mol. The molecule has 1 aromatic carbocycles. The predicted octanol–water partition coefficient (Wildman–Crippen LogP) is 7.87. The van der Waals surface area contributed by atoms with E-state index in [-0.39, 0.29) is 23.9 Å². The van der Waals surface area contributed by atoms with Crippen molar-refractivity contribution in [2.24, 2.45) is 0 Å². The SMILES string of the molecule is CCCCCCCCC(c1c(F)cc(F)cc1F)C(OC(C)C)(OC(C)C)OC(C)C. The van der Waals surface area contributed by atoms with Crippen LogP contribution in [-0.4, -0.2) is 24.3 Å². The standard InChI is InChI=1S/C25H41F3O3/c1-8-9-10-11-12-13-14-21(24-22(27)15-20(26)16-23(24)28)25(29-17(2)3,30-18(4)5)31-19(6)7/h15-19,21H,8-14H2,1-7H3. The molecule has 6 heteroatoms. The van der Waals surface area contributed by atoms with Gasteiger partial charge in [0, 0.05) is 17.7 Å². The van der Waals surface area contributed by atoms with E-state index in [2.05, 4.69) is 6.92 Å². The van der Waals surface area contributed by atoms with Crippen molar-refractivity contribution in [2.75, 3.05) is 0 Å². The van der Waals surface area contributed by atoms with Crippen LogP contribution in [0.15, 0.2) is 12.1 Å². The lowest BCUT2D eigenvalue weighted by molar-refractivity contribution is -0.420. The van der Waals surface area contributed by atoms with Crippen molar-refractivity contribution in [1.29, 1.82) is 0 Å². The Morgan fingerprint density at radius 3 is 1.55 bits per heavy atom. The van der Waals surface area contributed by atoms with Crippen LogP contribution in [0, 0.1) is 17.5 Å². The van der Waals surface area contributed by atoms with Gasteiger partial charge < -0.3 is 14.2 Å². The minimum atomic E-state index is -1.70. The third-order valence-electron chi connectivity index (χ3n) is 4.87. The molecule has 31 heavy (non-hydrogen) atoms. The summed E-state index contributed by atoms with van der Waals surface area (Å²) in [4.78, 5) is 0. The molecule has 0 heterocycles. The minimum absolute atomic E-state index is 0.253. The van der Waals surface area contributed by atoms with Crippen molar-refractivity contribution in [3.8, 4) is 0 Å². The Labute approximate surface area is 186 Å². The first-order valence-corrected chi connectivity index (χ1v) is 11.7. The summed E-state index contributed by atoms with van der Waals surface area (Å²) in [6.45, 7) is 13.1. The van der Waals surface area contributed by atoms with Crippen molar-refractivity contribution < 1.29 is 27.4 Å². The quantitative estimate of drug-likeness (QED) is 0.203. The molecule has 0 saturated carbocycles. The molecule has 1 rings (SSSR count). The number of benzene rings is 1. The van der Waals surface area contributed by atoms with E-state index >= 15 is 0 Å². The van der Waals surface area contributed by atoms with Gasteiger partial charge in [-0.15, -0.1) is 0 Å². The summed E-state index contributed by atoms with van der Waals surface area (Å²) >= 11 is 0. The number of halogens is 3. The largest absolute Gasteiger partial charge is 0.324 e. The van der Waals surface area contributed by atoms with E-state index in [1.54, 1.807) is 0 Å². The first kappa shape index (κ1) is 27.9. The van der Waals surface area contributed by atoms with Gasteiger partial charge in [-0.05, 0) is 48.0 Å². The fraction of sp³-hybridized carbons (Fsp3) is 0.760. The van der Waals surface area contributed by atoms with Gasteiger partial charge in [-0.3, -0.25) is 0 Å². The van der Waals surface area contributed by atoms with Crippen LogP contribution in [0.2, 0.25) is 0 Å². The van der Waals surface area contributed by atoms with Crippen LogP contribution < -0.4 is 0 Å². The van der Waals surface area contributed by atoms with Gasteiger partial charge in [0.05, 0.1) is 24.2 Å². The van der Waals surface area contributed by atoms with Gasteiger partial charge in [0.1, 0.15) is 17.5 Å². The molecule has 0 spiro atoms. The Kier molecular flexibility index (Phi) is 12.1. The lowest BCUT2D eigenvalue weighted by Crippen LogP contribution is -2.50. The van der Waals surface area contributed by atoms with Gasteiger partial charge in [-0.1, -0.05) is 45.4 Å². The maximum absolute atomic E-state index is 14.9.